The highest BCUT2D eigenvalue weighted by atomic mass is 16.2. The van der Waals surface area contributed by atoms with Crippen molar-refractivity contribution in [2.75, 3.05) is 23.7 Å². The number of quaternary nitrogens is 1. The molecule has 128 valence electrons. The van der Waals surface area contributed by atoms with E-state index in [-0.39, 0.29) is 5.91 Å². The minimum absolute atomic E-state index is 0.00760. The molecule has 0 aliphatic carbocycles. The number of carbonyl (C=O) groups is 1. The van der Waals surface area contributed by atoms with Gasteiger partial charge in [0, 0.05) is 5.56 Å². The fourth-order valence-corrected chi connectivity index (χ4v) is 3.76. The number of likely N-dealkylation sites (tertiary alicyclic amines) is 1. The predicted octanol–water partition coefficient (Wildman–Crippen LogP) is 2.88. The molecule has 2 aliphatic rings. The quantitative estimate of drug-likeness (QED) is 0.791. The predicted molar refractivity (Wildman–Crippen MR) is 101 cm³/mol. The first-order valence-electron chi connectivity index (χ1n) is 9.15. The molecule has 1 amide bonds. The lowest BCUT2D eigenvalue weighted by Gasteiger charge is -2.21. The van der Waals surface area contributed by atoms with Crippen LogP contribution in [-0.4, -0.2) is 19.0 Å². The van der Waals surface area contributed by atoms with Gasteiger partial charge in [0.2, 0.25) is 5.70 Å². The third-order valence-electron chi connectivity index (χ3n) is 5.04. The number of rotatable bonds is 2. The Morgan fingerprint density at radius 2 is 1.32 bits per heavy atom. The number of nitrogens with one attached hydrogen (secondary N) is 3. The van der Waals surface area contributed by atoms with Gasteiger partial charge in [-0.05, 0) is 37.8 Å². The van der Waals surface area contributed by atoms with Crippen molar-refractivity contribution in [2.45, 2.75) is 25.7 Å². The largest absolute Gasteiger partial charge is 0.348 e. The minimum atomic E-state index is 0.00760. The molecule has 2 aromatic carbocycles. The van der Waals surface area contributed by atoms with Crippen LogP contribution in [0.2, 0.25) is 0 Å². The number of anilines is 2. The Balaban J connectivity index is 1.84. The first-order chi connectivity index (χ1) is 12.3. The van der Waals surface area contributed by atoms with Crippen molar-refractivity contribution < 1.29 is 9.69 Å². The molecule has 25 heavy (non-hydrogen) atoms. The summed E-state index contributed by atoms with van der Waals surface area (Å²) in [7, 11) is 0. The Bertz CT molecular complexity index is 790. The summed E-state index contributed by atoms with van der Waals surface area (Å²) in [6.07, 6.45) is 4.85. The average Bonchev–Trinajstić information content (AvgIpc) is 2.99. The molecule has 4 rings (SSSR count). The Morgan fingerprint density at radius 1 is 0.720 bits per heavy atom. The van der Waals surface area contributed by atoms with Crippen molar-refractivity contribution in [3.05, 3.63) is 65.9 Å². The zero-order chi connectivity index (χ0) is 17.1. The van der Waals surface area contributed by atoms with Crippen molar-refractivity contribution in [2.24, 2.45) is 0 Å². The second kappa shape index (κ2) is 7.11. The van der Waals surface area contributed by atoms with E-state index >= 15 is 0 Å². The van der Waals surface area contributed by atoms with Gasteiger partial charge in [0.15, 0.2) is 0 Å². The number of benzene rings is 2. The SMILES string of the molecule is O=C1Nc2ccccc2NC(c2ccccc2)=C1[NH+]1CCCCCC1. The average molecular weight is 334 g/mol. The smallest absolute Gasteiger partial charge is 0.311 e. The molecule has 2 aliphatic heterocycles. The van der Waals surface area contributed by atoms with E-state index < -0.39 is 0 Å². The maximum atomic E-state index is 13.1. The van der Waals surface area contributed by atoms with Gasteiger partial charge in [-0.1, -0.05) is 42.5 Å². The maximum Gasteiger partial charge on any atom is 0.311 e. The van der Waals surface area contributed by atoms with Gasteiger partial charge < -0.3 is 10.6 Å². The van der Waals surface area contributed by atoms with E-state index in [1.807, 2.05) is 42.5 Å². The lowest BCUT2D eigenvalue weighted by Crippen LogP contribution is -3.11. The van der Waals surface area contributed by atoms with Crippen LogP contribution in [0.1, 0.15) is 31.2 Å². The minimum Gasteiger partial charge on any atom is -0.348 e. The summed E-state index contributed by atoms with van der Waals surface area (Å²) >= 11 is 0. The molecule has 0 radical (unpaired) electrons. The molecule has 0 spiro atoms. The van der Waals surface area contributed by atoms with Crippen LogP contribution in [0, 0.1) is 0 Å². The molecule has 0 bridgehead atoms. The number of hydrogen-bond donors (Lipinski definition) is 3. The fraction of sp³-hybridized carbons (Fsp3) is 0.286. The fourth-order valence-electron chi connectivity index (χ4n) is 3.76. The second-order valence-electron chi connectivity index (χ2n) is 6.76. The van der Waals surface area contributed by atoms with Crippen LogP contribution >= 0.6 is 0 Å². The Labute approximate surface area is 148 Å². The van der Waals surface area contributed by atoms with Crippen LogP contribution in [0.3, 0.4) is 0 Å². The molecule has 0 aromatic heterocycles. The Hall–Kier alpha value is -2.59. The molecule has 0 saturated carbocycles. The lowest BCUT2D eigenvalue weighted by molar-refractivity contribution is -0.854. The van der Waals surface area contributed by atoms with E-state index in [0.29, 0.717) is 0 Å². The number of para-hydroxylation sites is 2. The number of carbonyl (C=O) groups excluding carboxylic acids is 1. The molecular weight excluding hydrogens is 310 g/mol. The molecular formula is C21H24N3O+. The zero-order valence-electron chi connectivity index (χ0n) is 14.3. The molecule has 2 heterocycles. The van der Waals surface area contributed by atoms with Crippen molar-refractivity contribution in [1.29, 1.82) is 0 Å². The normalized spacial score (nSPS) is 18.6. The van der Waals surface area contributed by atoms with Crippen molar-refractivity contribution in [1.82, 2.24) is 0 Å². The van der Waals surface area contributed by atoms with Crippen molar-refractivity contribution in [3.63, 3.8) is 0 Å². The van der Waals surface area contributed by atoms with Crippen LogP contribution < -0.4 is 15.5 Å². The molecule has 0 atom stereocenters. The molecule has 3 N–H and O–H groups in total. The third kappa shape index (κ3) is 3.30. The summed E-state index contributed by atoms with van der Waals surface area (Å²) in [6, 6.07) is 18.1. The van der Waals surface area contributed by atoms with Gasteiger partial charge in [-0.3, -0.25) is 9.69 Å². The highest BCUT2D eigenvalue weighted by Crippen LogP contribution is 2.30. The molecule has 4 heteroatoms. The van der Waals surface area contributed by atoms with Gasteiger partial charge in [-0.25, -0.2) is 0 Å². The Morgan fingerprint density at radius 3 is 2.00 bits per heavy atom. The lowest BCUT2D eigenvalue weighted by atomic mass is 10.1. The molecule has 4 nitrogen and oxygen atoms in total. The van der Waals surface area contributed by atoms with Crippen LogP contribution in [0.4, 0.5) is 11.4 Å². The summed E-state index contributed by atoms with van der Waals surface area (Å²) in [4.78, 5) is 14.4. The second-order valence-corrected chi connectivity index (χ2v) is 6.76. The molecule has 0 unspecified atom stereocenters. The van der Waals surface area contributed by atoms with Crippen LogP contribution in [-0.2, 0) is 4.79 Å². The van der Waals surface area contributed by atoms with Crippen LogP contribution in [0.5, 0.6) is 0 Å². The molecule has 1 saturated heterocycles. The topological polar surface area (TPSA) is 45.6 Å². The summed E-state index contributed by atoms with van der Waals surface area (Å²) < 4.78 is 0. The van der Waals surface area contributed by atoms with E-state index in [0.717, 1.165) is 41.4 Å². The first kappa shape index (κ1) is 15.9. The van der Waals surface area contributed by atoms with E-state index in [1.165, 1.54) is 30.6 Å². The highest BCUT2D eigenvalue weighted by Gasteiger charge is 2.32. The van der Waals surface area contributed by atoms with Crippen LogP contribution in [0.25, 0.3) is 5.70 Å². The van der Waals surface area contributed by atoms with Gasteiger partial charge in [-0.2, -0.15) is 0 Å². The van der Waals surface area contributed by atoms with E-state index in [4.69, 9.17) is 0 Å². The van der Waals surface area contributed by atoms with E-state index in [2.05, 4.69) is 22.8 Å². The third-order valence-corrected chi connectivity index (χ3v) is 5.04. The molecule has 1 fully saturated rings. The number of hydrogen-bond acceptors (Lipinski definition) is 2. The van der Waals surface area contributed by atoms with Gasteiger partial charge in [-0.15, -0.1) is 0 Å². The summed E-state index contributed by atoms with van der Waals surface area (Å²) in [5, 5.41) is 6.66. The van der Waals surface area contributed by atoms with Gasteiger partial charge in [0.05, 0.1) is 24.5 Å². The van der Waals surface area contributed by atoms with Crippen molar-refractivity contribution >= 4 is 23.0 Å². The Kier molecular flexibility index (Phi) is 4.53. The standard InChI is InChI=1S/C21H23N3O/c25-21-20(24-14-8-1-2-9-15-24)19(16-10-4-3-5-11-16)22-17-12-6-7-13-18(17)23-21/h3-7,10-13,22H,1-2,8-9,14-15H2,(H,23,25)/p+1. The maximum absolute atomic E-state index is 13.1. The van der Waals surface area contributed by atoms with Gasteiger partial charge in [0.25, 0.3) is 0 Å². The zero-order valence-corrected chi connectivity index (χ0v) is 14.3. The van der Waals surface area contributed by atoms with E-state index in [9.17, 15) is 4.79 Å². The van der Waals surface area contributed by atoms with Gasteiger partial charge >= 0.3 is 5.91 Å². The summed E-state index contributed by atoms with van der Waals surface area (Å²) in [5.74, 6) is 0.00760. The first-order valence-corrected chi connectivity index (χ1v) is 9.15. The van der Waals surface area contributed by atoms with Crippen molar-refractivity contribution in [3.8, 4) is 0 Å². The highest BCUT2D eigenvalue weighted by molar-refractivity contribution is 6.12. The van der Waals surface area contributed by atoms with Crippen LogP contribution in [0.15, 0.2) is 60.3 Å². The number of amides is 1. The number of fused-ring (bicyclic) bond motifs is 1. The van der Waals surface area contributed by atoms with Gasteiger partial charge in [0.1, 0.15) is 5.70 Å². The summed E-state index contributed by atoms with van der Waals surface area (Å²) in [6.45, 7) is 2.02. The van der Waals surface area contributed by atoms with E-state index in [1.54, 1.807) is 0 Å². The molecule has 2 aromatic rings. The monoisotopic (exact) mass is 334 g/mol. The summed E-state index contributed by atoms with van der Waals surface area (Å²) in [5.41, 5.74) is 4.61.